The van der Waals surface area contributed by atoms with Crippen molar-refractivity contribution in [2.24, 2.45) is 0 Å². The van der Waals surface area contributed by atoms with Crippen LogP contribution in [0.5, 0.6) is 11.5 Å². The summed E-state index contributed by atoms with van der Waals surface area (Å²) in [7, 11) is 0. The molecule has 0 radical (unpaired) electrons. The van der Waals surface area contributed by atoms with E-state index in [1.54, 1.807) is 0 Å². The summed E-state index contributed by atoms with van der Waals surface area (Å²) >= 11 is 0. The first-order chi connectivity index (χ1) is 13.4. The van der Waals surface area contributed by atoms with Gasteiger partial charge in [0, 0.05) is 6.07 Å². The van der Waals surface area contributed by atoms with E-state index in [-0.39, 0.29) is 0 Å². The minimum Gasteiger partial charge on any atom is -0.489 e. The standard InChI is InChI=1S/C26H30O2/c1-6-22-13-25(27-16-23-9-18(2)7-19(3)10-23)15-26(14-22)28-17-24-11-20(4)8-21(5)12-24/h7-15H,6,16-17H2,1-5H3. The van der Waals surface area contributed by atoms with Crippen LogP contribution in [-0.2, 0) is 19.6 Å². The van der Waals surface area contributed by atoms with Gasteiger partial charge in [-0.1, -0.05) is 65.6 Å². The molecule has 0 unspecified atom stereocenters. The Morgan fingerprint density at radius 2 is 0.893 bits per heavy atom. The van der Waals surface area contributed by atoms with Gasteiger partial charge in [0.2, 0.25) is 0 Å². The zero-order valence-electron chi connectivity index (χ0n) is 17.6. The van der Waals surface area contributed by atoms with Gasteiger partial charge in [0.25, 0.3) is 0 Å². The maximum absolute atomic E-state index is 6.10. The smallest absolute Gasteiger partial charge is 0.123 e. The molecule has 0 aromatic heterocycles. The van der Waals surface area contributed by atoms with Crippen LogP contribution in [-0.4, -0.2) is 0 Å². The minimum absolute atomic E-state index is 0.562. The van der Waals surface area contributed by atoms with Gasteiger partial charge in [-0.15, -0.1) is 0 Å². The van der Waals surface area contributed by atoms with Crippen LogP contribution in [0, 0.1) is 27.7 Å². The highest BCUT2D eigenvalue weighted by atomic mass is 16.5. The number of ether oxygens (including phenoxy) is 2. The lowest BCUT2D eigenvalue weighted by molar-refractivity contribution is 0.289. The van der Waals surface area contributed by atoms with E-state index in [0.29, 0.717) is 13.2 Å². The SMILES string of the molecule is CCc1cc(OCc2cc(C)cc(C)c2)cc(OCc2cc(C)cc(C)c2)c1. The lowest BCUT2D eigenvalue weighted by Gasteiger charge is -2.13. The molecule has 0 heterocycles. The Kier molecular flexibility index (Phi) is 6.41. The van der Waals surface area contributed by atoms with Crippen LogP contribution in [0.2, 0.25) is 0 Å². The molecule has 3 aromatic rings. The fraction of sp³-hybridized carbons (Fsp3) is 0.308. The monoisotopic (exact) mass is 374 g/mol. The van der Waals surface area contributed by atoms with E-state index in [1.165, 1.54) is 38.9 Å². The van der Waals surface area contributed by atoms with E-state index in [2.05, 4.69) is 83.1 Å². The molecular formula is C26H30O2. The van der Waals surface area contributed by atoms with Crippen molar-refractivity contribution in [1.82, 2.24) is 0 Å². The van der Waals surface area contributed by atoms with Crippen LogP contribution in [0.25, 0.3) is 0 Å². The summed E-state index contributed by atoms with van der Waals surface area (Å²) in [6, 6.07) is 19.3. The zero-order valence-corrected chi connectivity index (χ0v) is 17.6. The molecule has 0 atom stereocenters. The minimum atomic E-state index is 0.562. The van der Waals surface area contributed by atoms with Crippen molar-refractivity contribution in [3.05, 3.63) is 93.5 Å². The molecule has 0 bridgehead atoms. The second-order valence-electron chi connectivity index (χ2n) is 7.74. The Morgan fingerprint density at radius 1 is 0.500 bits per heavy atom. The zero-order chi connectivity index (χ0) is 20.1. The van der Waals surface area contributed by atoms with Gasteiger partial charge >= 0.3 is 0 Å². The molecule has 0 saturated heterocycles. The summed E-state index contributed by atoms with van der Waals surface area (Å²) in [6.07, 6.45) is 0.945. The summed E-state index contributed by atoms with van der Waals surface area (Å²) in [5.41, 5.74) is 8.65. The molecule has 0 aliphatic heterocycles. The van der Waals surface area contributed by atoms with Crippen molar-refractivity contribution in [2.45, 2.75) is 54.3 Å². The van der Waals surface area contributed by atoms with Gasteiger partial charge in [0.05, 0.1) is 0 Å². The average Bonchev–Trinajstić information content (AvgIpc) is 2.63. The van der Waals surface area contributed by atoms with E-state index >= 15 is 0 Å². The van der Waals surface area contributed by atoms with Gasteiger partial charge in [-0.25, -0.2) is 0 Å². The van der Waals surface area contributed by atoms with E-state index < -0.39 is 0 Å². The van der Waals surface area contributed by atoms with Crippen LogP contribution >= 0.6 is 0 Å². The lowest BCUT2D eigenvalue weighted by Crippen LogP contribution is -2.00. The second-order valence-corrected chi connectivity index (χ2v) is 7.74. The second kappa shape index (κ2) is 8.97. The molecular weight excluding hydrogens is 344 g/mol. The fourth-order valence-electron chi connectivity index (χ4n) is 3.64. The van der Waals surface area contributed by atoms with Crippen LogP contribution in [0.3, 0.4) is 0 Å². The number of hydrogen-bond acceptors (Lipinski definition) is 2. The number of hydrogen-bond donors (Lipinski definition) is 0. The van der Waals surface area contributed by atoms with Crippen molar-refractivity contribution < 1.29 is 9.47 Å². The van der Waals surface area contributed by atoms with Crippen molar-refractivity contribution >= 4 is 0 Å². The van der Waals surface area contributed by atoms with Crippen LogP contribution in [0.4, 0.5) is 0 Å². The summed E-state index contributed by atoms with van der Waals surface area (Å²) in [5, 5.41) is 0. The maximum atomic E-state index is 6.10. The molecule has 146 valence electrons. The Hall–Kier alpha value is -2.74. The van der Waals surface area contributed by atoms with Gasteiger partial charge in [-0.05, 0) is 62.9 Å². The molecule has 0 saturated carbocycles. The number of benzene rings is 3. The quantitative estimate of drug-likeness (QED) is 0.461. The van der Waals surface area contributed by atoms with E-state index in [0.717, 1.165) is 17.9 Å². The summed E-state index contributed by atoms with van der Waals surface area (Å²) < 4.78 is 12.2. The van der Waals surface area contributed by atoms with Crippen LogP contribution in [0.1, 0.15) is 45.9 Å². The average molecular weight is 375 g/mol. The number of rotatable bonds is 7. The molecule has 0 aliphatic carbocycles. The molecule has 3 rings (SSSR count). The number of aryl methyl sites for hydroxylation is 5. The third-order valence-corrected chi connectivity index (χ3v) is 4.72. The first-order valence-corrected chi connectivity index (χ1v) is 9.95. The van der Waals surface area contributed by atoms with Crippen molar-refractivity contribution in [3.63, 3.8) is 0 Å². The Balaban J connectivity index is 1.72. The largest absolute Gasteiger partial charge is 0.489 e. The van der Waals surface area contributed by atoms with Gasteiger partial charge in [0.15, 0.2) is 0 Å². The molecule has 0 N–H and O–H groups in total. The topological polar surface area (TPSA) is 18.5 Å². The predicted molar refractivity (Wildman–Crippen MR) is 116 cm³/mol. The first kappa shape index (κ1) is 20.0. The molecule has 3 aromatic carbocycles. The van der Waals surface area contributed by atoms with Gasteiger partial charge in [-0.2, -0.15) is 0 Å². The molecule has 2 nitrogen and oxygen atoms in total. The molecule has 28 heavy (non-hydrogen) atoms. The summed E-state index contributed by atoms with van der Waals surface area (Å²) in [6.45, 7) is 11.7. The Labute approximate surface area is 169 Å². The van der Waals surface area contributed by atoms with Crippen molar-refractivity contribution in [3.8, 4) is 11.5 Å². The highest BCUT2D eigenvalue weighted by Crippen LogP contribution is 2.25. The molecule has 2 heteroatoms. The summed E-state index contributed by atoms with van der Waals surface area (Å²) in [5.74, 6) is 1.71. The van der Waals surface area contributed by atoms with Gasteiger partial charge in [0.1, 0.15) is 24.7 Å². The van der Waals surface area contributed by atoms with E-state index in [4.69, 9.17) is 9.47 Å². The molecule has 0 amide bonds. The predicted octanol–water partition coefficient (Wildman–Crippen LogP) is 6.64. The third kappa shape index (κ3) is 5.63. The van der Waals surface area contributed by atoms with Crippen molar-refractivity contribution in [1.29, 1.82) is 0 Å². The van der Waals surface area contributed by atoms with Gasteiger partial charge < -0.3 is 9.47 Å². The van der Waals surface area contributed by atoms with E-state index in [9.17, 15) is 0 Å². The maximum Gasteiger partial charge on any atom is 0.123 e. The lowest BCUT2D eigenvalue weighted by atomic mass is 10.1. The van der Waals surface area contributed by atoms with Gasteiger partial charge in [-0.3, -0.25) is 0 Å². The Morgan fingerprint density at radius 3 is 1.25 bits per heavy atom. The van der Waals surface area contributed by atoms with Crippen LogP contribution < -0.4 is 9.47 Å². The van der Waals surface area contributed by atoms with Crippen LogP contribution in [0.15, 0.2) is 54.6 Å². The Bertz CT molecular complexity index is 842. The van der Waals surface area contributed by atoms with E-state index in [1.807, 2.05) is 6.07 Å². The van der Waals surface area contributed by atoms with Crippen molar-refractivity contribution in [2.75, 3.05) is 0 Å². The highest BCUT2D eigenvalue weighted by molar-refractivity contribution is 5.39. The summed E-state index contributed by atoms with van der Waals surface area (Å²) in [4.78, 5) is 0. The molecule has 0 spiro atoms. The molecule has 0 aliphatic rings. The highest BCUT2D eigenvalue weighted by Gasteiger charge is 2.05. The fourth-order valence-corrected chi connectivity index (χ4v) is 3.64. The third-order valence-electron chi connectivity index (χ3n) is 4.72. The normalized spacial score (nSPS) is 10.8. The molecule has 0 fully saturated rings. The first-order valence-electron chi connectivity index (χ1n) is 9.95.